The van der Waals surface area contributed by atoms with E-state index in [0.29, 0.717) is 46.3 Å². The van der Waals surface area contributed by atoms with Crippen molar-refractivity contribution >= 4 is 56.9 Å². The summed E-state index contributed by atoms with van der Waals surface area (Å²) in [4.78, 5) is 57.6. The van der Waals surface area contributed by atoms with Gasteiger partial charge in [0.05, 0.1) is 46.0 Å². The highest BCUT2D eigenvalue weighted by atomic mass is 35.5. The van der Waals surface area contributed by atoms with E-state index in [-0.39, 0.29) is 23.9 Å². The number of likely N-dealkylation sites (tertiary alicyclic amines) is 1. The van der Waals surface area contributed by atoms with Gasteiger partial charge < -0.3 is 15.0 Å². The smallest absolute Gasteiger partial charge is 0.329 e. The summed E-state index contributed by atoms with van der Waals surface area (Å²) in [5.41, 5.74) is 5.56. The summed E-state index contributed by atoms with van der Waals surface area (Å²) >= 11 is 6.04. The molecule has 8 rings (SSSR count). The molecule has 14 heteroatoms. The lowest BCUT2D eigenvalue weighted by Gasteiger charge is -2.37. The maximum absolute atomic E-state index is 13.5. The number of fused-ring (bicyclic) bond motifs is 2. The average Bonchev–Trinajstić information content (AvgIpc) is 3.69. The highest BCUT2D eigenvalue weighted by Gasteiger charge is 2.34. The molecule has 54 heavy (non-hydrogen) atoms. The maximum atomic E-state index is 13.5. The highest BCUT2D eigenvalue weighted by Crippen LogP contribution is 2.39. The van der Waals surface area contributed by atoms with E-state index in [1.165, 1.54) is 18.0 Å². The fourth-order valence-corrected chi connectivity index (χ4v) is 9.14. The summed E-state index contributed by atoms with van der Waals surface area (Å²) in [6.07, 6.45) is 12.0. The van der Waals surface area contributed by atoms with Gasteiger partial charge in [0.25, 0.3) is 5.91 Å². The van der Waals surface area contributed by atoms with Crippen LogP contribution in [0.1, 0.15) is 90.9 Å². The Morgan fingerprint density at radius 2 is 1.80 bits per heavy atom. The van der Waals surface area contributed by atoms with Crippen LogP contribution in [0, 0.1) is 12.8 Å². The number of halogens is 1. The van der Waals surface area contributed by atoms with E-state index in [2.05, 4.69) is 44.4 Å². The fourth-order valence-electron chi connectivity index (χ4n) is 8.97. The Balaban J connectivity index is 0.892. The zero-order chi connectivity index (χ0) is 37.7. The molecule has 2 aromatic carbocycles. The summed E-state index contributed by atoms with van der Waals surface area (Å²) in [5, 5.41) is 11.6. The molecule has 3 amide bonds. The molecule has 0 radical (unpaired) electrons. The Morgan fingerprint density at radius 1 is 1.02 bits per heavy atom. The number of rotatable bonds is 8. The van der Waals surface area contributed by atoms with Gasteiger partial charge in [0.15, 0.2) is 0 Å². The van der Waals surface area contributed by atoms with Crippen molar-refractivity contribution in [1.29, 1.82) is 0 Å². The van der Waals surface area contributed by atoms with Gasteiger partial charge in [-0.15, -0.1) is 0 Å². The molecule has 1 atom stereocenters. The van der Waals surface area contributed by atoms with Crippen molar-refractivity contribution in [3.8, 4) is 5.75 Å². The van der Waals surface area contributed by atoms with Crippen molar-refractivity contribution in [3.05, 3.63) is 81.1 Å². The number of methoxy groups -OCH3 is 1. The number of nitrogens with zero attached hydrogens (tertiary/aromatic N) is 6. The van der Waals surface area contributed by atoms with Crippen LogP contribution >= 0.6 is 11.6 Å². The number of aromatic nitrogens is 5. The molecule has 0 bridgehead atoms. The predicted octanol–water partition coefficient (Wildman–Crippen LogP) is 5.90. The molecule has 3 aliphatic rings. The molecular formula is C40H45ClN8O5. The number of carbonyl (C=O) groups excluding carboxylic acids is 3. The number of hydrogen-bond acceptors (Lipinski definition) is 8. The van der Waals surface area contributed by atoms with Crippen molar-refractivity contribution in [2.24, 2.45) is 13.0 Å². The predicted molar refractivity (Wildman–Crippen MR) is 206 cm³/mol. The molecule has 282 valence electrons. The number of aryl methyl sites for hydroxylation is 2. The first kappa shape index (κ1) is 36.0. The summed E-state index contributed by atoms with van der Waals surface area (Å²) in [6.45, 7) is 5.20. The van der Waals surface area contributed by atoms with Crippen molar-refractivity contribution in [2.75, 3.05) is 32.1 Å². The van der Waals surface area contributed by atoms with Crippen LogP contribution in [0.15, 0.2) is 53.7 Å². The first-order valence-electron chi connectivity index (χ1n) is 18.8. The monoisotopic (exact) mass is 752 g/mol. The number of nitrogens with one attached hydrogen (secondary N) is 2. The number of ether oxygens (including phenoxy) is 1. The number of piperidine rings is 2. The number of imidazole rings is 1. The molecule has 3 fully saturated rings. The van der Waals surface area contributed by atoms with Gasteiger partial charge in [0, 0.05) is 50.1 Å². The molecule has 3 aromatic heterocycles. The SMILES string of the molecule is COc1cc2nn([C@H]3CC[C@H](CN4CCC(c5c(C)ccc6c5n(C)c(=O)n6C5CCC(=O)NC5=O)CC4)CC3)cc2cc1NC(=O)c1cncc(Cl)c1. The van der Waals surface area contributed by atoms with E-state index in [0.717, 1.165) is 85.7 Å². The van der Waals surface area contributed by atoms with Gasteiger partial charge in [0.2, 0.25) is 11.8 Å². The van der Waals surface area contributed by atoms with Crippen LogP contribution < -0.4 is 21.1 Å². The first-order chi connectivity index (χ1) is 26.1. The molecule has 1 aliphatic carbocycles. The molecule has 1 unspecified atom stereocenters. The van der Waals surface area contributed by atoms with E-state index in [4.69, 9.17) is 21.4 Å². The van der Waals surface area contributed by atoms with Gasteiger partial charge in [-0.2, -0.15) is 5.10 Å². The summed E-state index contributed by atoms with van der Waals surface area (Å²) < 4.78 is 11.0. The van der Waals surface area contributed by atoms with Crippen LogP contribution in [-0.2, 0) is 16.6 Å². The molecule has 1 saturated carbocycles. The van der Waals surface area contributed by atoms with E-state index >= 15 is 0 Å². The fraction of sp³-hybridized carbons (Fsp3) is 0.450. The van der Waals surface area contributed by atoms with E-state index in [9.17, 15) is 19.2 Å². The molecule has 5 heterocycles. The Labute approximate surface area is 317 Å². The number of anilines is 1. The van der Waals surface area contributed by atoms with Crippen molar-refractivity contribution in [2.45, 2.75) is 76.3 Å². The summed E-state index contributed by atoms with van der Waals surface area (Å²) in [7, 11) is 3.37. The normalized spacial score (nSPS) is 21.4. The Kier molecular flexibility index (Phi) is 9.78. The van der Waals surface area contributed by atoms with Crippen LogP contribution in [0.3, 0.4) is 0 Å². The molecule has 2 N–H and O–H groups in total. The lowest BCUT2D eigenvalue weighted by molar-refractivity contribution is -0.135. The van der Waals surface area contributed by atoms with Crippen LogP contribution in [0.2, 0.25) is 5.02 Å². The van der Waals surface area contributed by atoms with Crippen molar-refractivity contribution in [3.63, 3.8) is 0 Å². The maximum Gasteiger partial charge on any atom is 0.329 e. The molecular weight excluding hydrogens is 708 g/mol. The number of carbonyl (C=O) groups is 3. The third-order valence-corrected chi connectivity index (χ3v) is 12.0. The Bertz CT molecular complexity index is 2330. The number of hydrogen-bond donors (Lipinski definition) is 2. The topological polar surface area (TPSA) is 145 Å². The standard InChI is InChI=1S/C40H45ClN8O5/c1-23-4-9-32-37(46(2)40(53)49(32)33-10-11-35(50)44-39(33)52)36(23)25-12-14-47(15-13-25)21-24-5-7-29(8-6-24)48-22-27-17-31(34(54-3)18-30(27)45-48)43-38(51)26-16-28(41)20-42-19-26/h4,9,16-20,22,24-25,29,33H,5-8,10-15,21H2,1-3H3,(H,43,51)(H,44,50,52)/t24-,29-,33?. The highest BCUT2D eigenvalue weighted by molar-refractivity contribution is 6.30. The molecule has 5 aromatic rings. The second-order valence-corrected chi connectivity index (χ2v) is 15.6. The van der Waals surface area contributed by atoms with E-state index < -0.39 is 11.9 Å². The van der Waals surface area contributed by atoms with Gasteiger partial charge >= 0.3 is 5.69 Å². The van der Waals surface area contributed by atoms with E-state index in [1.54, 1.807) is 29.4 Å². The minimum atomic E-state index is -0.687. The van der Waals surface area contributed by atoms with Gasteiger partial charge in [-0.25, -0.2) is 4.79 Å². The lowest BCUT2D eigenvalue weighted by atomic mass is 9.83. The number of benzene rings is 2. The number of imide groups is 1. The van der Waals surface area contributed by atoms with Gasteiger partial charge in [0.1, 0.15) is 11.8 Å². The van der Waals surface area contributed by atoms with Gasteiger partial charge in [-0.3, -0.25) is 38.5 Å². The van der Waals surface area contributed by atoms with Crippen LogP contribution in [0.25, 0.3) is 21.9 Å². The van der Waals surface area contributed by atoms with Gasteiger partial charge in [-0.05, 0) is 106 Å². The minimum absolute atomic E-state index is 0.219. The molecule has 13 nitrogen and oxygen atoms in total. The molecule has 0 spiro atoms. The number of amides is 3. The number of pyridine rings is 1. The quantitative estimate of drug-likeness (QED) is 0.187. The van der Waals surface area contributed by atoms with Crippen LogP contribution in [-0.4, -0.2) is 73.3 Å². The zero-order valence-electron chi connectivity index (χ0n) is 30.8. The van der Waals surface area contributed by atoms with Crippen molar-refractivity contribution in [1.82, 2.24) is 34.1 Å². The first-order valence-corrected chi connectivity index (χ1v) is 19.2. The van der Waals surface area contributed by atoms with Crippen LogP contribution in [0.5, 0.6) is 5.75 Å². The van der Waals surface area contributed by atoms with Gasteiger partial charge in [-0.1, -0.05) is 17.7 Å². The molecule has 2 aliphatic heterocycles. The van der Waals surface area contributed by atoms with Crippen LogP contribution in [0.4, 0.5) is 5.69 Å². The second-order valence-electron chi connectivity index (χ2n) is 15.2. The third kappa shape index (κ3) is 6.79. The average molecular weight is 753 g/mol. The second kappa shape index (κ2) is 14.7. The Hall–Kier alpha value is -5.01. The summed E-state index contributed by atoms with van der Waals surface area (Å²) in [5.74, 6) is 0.456. The summed E-state index contributed by atoms with van der Waals surface area (Å²) in [6, 6.07) is 8.98. The third-order valence-electron chi connectivity index (χ3n) is 11.8. The zero-order valence-corrected chi connectivity index (χ0v) is 31.6. The largest absolute Gasteiger partial charge is 0.494 e. The minimum Gasteiger partial charge on any atom is -0.494 e. The lowest BCUT2D eigenvalue weighted by Crippen LogP contribution is -2.44. The Morgan fingerprint density at radius 3 is 2.52 bits per heavy atom. The van der Waals surface area contributed by atoms with Crippen molar-refractivity contribution < 1.29 is 19.1 Å². The van der Waals surface area contributed by atoms with E-state index in [1.807, 2.05) is 18.2 Å². The molecule has 2 saturated heterocycles.